The van der Waals surface area contributed by atoms with Crippen molar-refractivity contribution in [2.75, 3.05) is 18.9 Å². The normalized spacial score (nSPS) is 26.7. The molecule has 0 bridgehead atoms. The van der Waals surface area contributed by atoms with E-state index in [2.05, 4.69) is 23.8 Å². The lowest BCUT2D eigenvalue weighted by atomic mass is 10.1. The summed E-state index contributed by atoms with van der Waals surface area (Å²) in [6.07, 6.45) is -16.1. The Hall–Kier alpha value is -2.23. The summed E-state index contributed by atoms with van der Waals surface area (Å²) >= 11 is 0. The first-order valence-corrected chi connectivity index (χ1v) is 13.6. The van der Waals surface area contributed by atoms with Gasteiger partial charge in [0.05, 0.1) is 19.5 Å². The number of aliphatic hydroxyl groups excluding tert-OH is 5. The second kappa shape index (κ2) is 12.1. The molecule has 1 unspecified atom stereocenters. The van der Waals surface area contributed by atoms with Gasteiger partial charge in [0.2, 0.25) is 5.95 Å². The fourth-order valence-electron chi connectivity index (χ4n) is 3.45. The SMILES string of the molecule is Nc1nc2c(ncn2[C@@H]2O[C@H](COP(=O)(O[C@H](CO)[C@@H](O)[C@H](O)[C@H](F)C=O)OP(=O)(O)O)[C@@H](O)[C@H]2O)c(=O)[nH]1. The number of carbonyl (C=O) groups is 1. The number of nitrogens with zero attached hydrogens (tertiary/aromatic N) is 3. The van der Waals surface area contributed by atoms with Gasteiger partial charge >= 0.3 is 15.6 Å². The largest absolute Gasteiger partial charge is 0.484 e. The van der Waals surface area contributed by atoms with Crippen LogP contribution in [0.3, 0.4) is 0 Å². The number of phosphoric acid groups is 2. The number of aldehydes is 1. The molecule has 3 heterocycles. The highest BCUT2D eigenvalue weighted by Crippen LogP contribution is 2.62. The number of nitrogen functional groups attached to an aromatic ring is 1. The third kappa shape index (κ3) is 7.11. The van der Waals surface area contributed by atoms with E-state index in [4.69, 9.17) is 24.8 Å². The van der Waals surface area contributed by atoms with E-state index < -0.39 is 89.7 Å². The number of aromatic amines is 1. The van der Waals surface area contributed by atoms with Gasteiger partial charge in [-0.1, -0.05) is 0 Å². The van der Waals surface area contributed by atoms with Crippen LogP contribution in [0.1, 0.15) is 6.23 Å². The number of rotatable bonds is 13. The minimum Gasteiger partial charge on any atom is -0.394 e. The van der Waals surface area contributed by atoms with Gasteiger partial charge in [0.25, 0.3) is 5.56 Å². The third-order valence-corrected chi connectivity index (χ3v) is 7.94. The molecule has 20 nitrogen and oxygen atoms in total. The van der Waals surface area contributed by atoms with Crippen LogP contribution in [-0.2, 0) is 32.0 Å². The molecule has 0 aliphatic carbocycles. The molecule has 1 aliphatic heterocycles. The molecule has 220 valence electrons. The molecule has 3 rings (SSSR count). The first kappa shape index (κ1) is 31.3. The van der Waals surface area contributed by atoms with Crippen LogP contribution in [0.15, 0.2) is 11.1 Å². The number of nitrogens with one attached hydrogen (secondary N) is 1. The summed E-state index contributed by atoms with van der Waals surface area (Å²) in [5.74, 6) is -0.312. The number of halogens is 1. The van der Waals surface area contributed by atoms with Crippen LogP contribution >= 0.6 is 15.6 Å². The zero-order valence-electron chi connectivity index (χ0n) is 19.3. The number of anilines is 1. The van der Waals surface area contributed by atoms with Gasteiger partial charge in [0.1, 0.15) is 36.6 Å². The molecule has 0 radical (unpaired) electrons. The van der Waals surface area contributed by atoms with E-state index in [-0.39, 0.29) is 17.1 Å². The summed E-state index contributed by atoms with van der Waals surface area (Å²) in [6.45, 7) is -2.44. The molecule has 2 aromatic rings. The third-order valence-electron chi connectivity index (χ3n) is 5.30. The number of aliphatic hydroxyl groups is 5. The fourth-order valence-corrected chi connectivity index (χ4v) is 5.75. The number of imidazole rings is 1. The van der Waals surface area contributed by atoms with E-state index in [1.165, 1.54) is 0 Å². The zero-order valence-corrected chi connectivity index (χ0v) is 21.1. The number of aromatic nitrogens is 4. The highest BCUT2D eigenvalue weighted by atomic mass is 31.3. The van der Waals surface area contributed by atoms with Crippen molar-refractivity contribution in [3.8, 4) is 0 Å². The number of hydrogen-bond donors (Lipinski definition) is 9. The highest BCUT2D eigenvalue weighted by Gasteiger charge is 2.48. The van der Waals surface area contributed by atoms with Gasteiger partial charge in [-0.25, -0.2) is 18.5 Å². The monoisotopic (exact) mass is 607 g/mol. The quantitative estimate of drug-likeness (QED) is 0.0778. The van der Waals surface area contributed by atoms with Crippen molar-refractivity contribution in [1.82, 2.24) is 19.5 Å². The lowest BCUT2D eigenvalue weighted by Crippen LogP contribution is -2.46. The summed E-state index contributed by atoms with van der Waals surface area (Å²) in [5.41, 5.74) is 4.42. The fraction of sp³-hybridized carbons (Fsp3) is 0.625. The van der Waals surface area contributed by atoms with Gasteiger partial charge in [-0.05, 0) is 0 Å². The van der Waals surface area contributed by atoms with Crippen molar-refractivity contribution in [3.05, 3.63) is 16.7 Å². The summed E-state index contributed by atoms with van der Waals surface area (Å²) in [5, 5.41) is 49.8. The minimum atomic E-state index is -5.70. The second-order valence-electron chi connectivity index (χ2n) is 8.02. The first-order valence-electron chi connectivity index (χ1n) is 10.6. The Morgan fingerprint density at radius 2 is 1.92 bits per heavy atom. The molecule has 0 spiro atoms. The Labute approximate surface area is 215 Å². The smallest absolute Gasteiger partial charge is 0.394 e. The number of ether oxygens (including phenoxy) is 1. The van der Waals surface area contributed by atoms with Crippen LogP contribution < -0.4 is 11.3 Å². The molecule has 0 aromatic carbocycles. The first-order chi connectivity index (χ1) is 18.1. The maximum Gasteiger partial charge on any atom is 0.484 e. The van der Waals surface area contributed by atoms with E-state index in [9.17, 15) is 48.6 Å². The maximum absolute atomic E-state index is 13.4. The van der Waals surface area contributed by atoms with Crippen LogP contribution in [0.25, 0.3) is 11.2 Å². The zero-order chi connectivity index (χ0) is 29.3. The summed E-state index contributed by atoms with van der Waals surface area (Å²) in [7, 11) is -11.2. The van der Waals surface area contributed by atoms with Gasteiger partial charge in [0, 0.05) is 0 Å². The van der Waals surface area contributed by atoms with Crippen molar-refractivity contribution in [1.29, 1.82) is 0 Å². The van der Waals surface area contributed by atoms with E-state index in [0.717, 1.165) is 10.9 Å². The minimum absolute atomic E-state index is 0.160. The molecule has 23 heteroatoms. The predicted molar refractivity (Wildman–Crippen MR) is 120 cm³/mol. The van der Waals surface area contributed by atoms with Crippen LogP contribution in [0.4, 0.5) is 10.3 Å². The number of alkyl halides is 1. The average Bonchev–Trinajstić information content (AvgIpc) is 3.39. The van der Waals surface area contributed by atoms with Gasteiger partial charge < -0.3 is 50.6 Å². The molecule has 1 saturated heterocycles. The van der Waals surface area contributed by atoms with Gasteiger partial charge in [-0.15, -0.1) is 0 Å². The molecule has 1 aliphatic rings. The standard InChI is InChI=1S/C16H24FN5O15P2/c17-5(1-23)9(25)10(26)6(2-24)36-39(33,37-38(30,31)32)34-3-7-11(27)12(28)15(35-7)22-4-19-8-13(22)20-16(18)21-14(8)29/h1,4-7,9-12,15,24-28H,2-3H2,(H2,30,31,32)(H3,18,20,21,29)/t5-,6-,7-,9-,10-,11-,12-,15-,39?/m1/s1. The molecule has 0 amide bonds. The number of H-pyrrole nitrogens is 1. The molecule has 2 aromatic heterocycles. The van der Waals surface area contributed by atoms with Crippen molar-refractivity contribution in [2.24, 2.45) is 0 Å². The molecule has 10 N–H and O–H groups in total. The molecule has 0 saturated carbocycles. The highest BCUT2D eigenvalue weighted by molar-refractivity contribution is 7.61. The van der Waals surface area contributed by atoms with Gasteiger partial charge in [-0.2, -0.15) is 9.29 Å². The van der Waals surface area contributed by atoms with E-state index in [1.54, 1.807) is 0 Å². The molecule has 1 fully saturated rings. The van der Waals surface area contributed by atoms with Crippen molar-refractivity contribution in [3.63, 3.8) is 0 Å². The van der Waals surface area contributed by atoms with Crippen molar-refractivity contribution >= 4 is 39.0 Å². The van der Waals surface area contributed by atoms with Gasteiger partial charge in [-0.3, -0.25) is 23.4 Å². The Morgan fingerprint density at radius 3 is 2.51 bits per heavy atom. The number of carbonyl (C=O) groups excluding carboxylic acids is 1. The van der Waals surface area contributed by atoms with Crippen molar-refractivity contribution < 1.29 is 71.7 Å². The summed E-state index contributed by atoms with van der Waals surface area (Å²) in [6, 6.07) is 0. The van der Waals surface area contributed by atoms with E-state index in [1.807, 2.05) is 0 Å². The molecular formula is C16H24FN5O15P2. The van der Waals surface area contributed by atoms with Crippen LogP contribution in [0.5, 0.6) is 0 Å². The number of phosphoric ester groups is 1. The number of fused-ring (bicyclic) bond motifs is 1. The second-order valence-corrected chi connectivity index (χ2v) is 11.0. The van der Waals surface area contributed by atoms with Crippen LogP contribution in [0.2, 0.25) is 0 Å². The van der Waals surface area contributed by atoms with E-state index >= 15 is 0 Å². The number of hydrogen-bond acceptors (Lipinski definition) is 16. The average molecular weight is 607 g/mol. The van der Waals surface area contributed by atoms with Gasteiger partial charge in [0.15, 0.2) is 29.8 Å². The van der Waals surface area contributed by atoms with E-state index in [0.29, 0.717) is 0 Å². The predicted octanol–water partition coefficient (Wildman–Crippen LogP) is -3.81. The Kier molecular flexibility index (Phi) is 9.71. The lowest BCUT2D eigenvalue weighted by molar-refractivity contribution is -0.127. The Bertz CT molecular complexity index is 1320. The van der Waals surface area contributed by atoms with Crippen molar-refractivity contribution in [2.45, 2.75) is 49.0 Å². The van der Waals surface area contributed by atoms with Crippen LogP contribution in [-0.4, -0.2) is 117 Å². The summed E-state index contributed by atoms with van der Waals surface area (Å²) < 4.78 is 57.7. The molecule has 9 atom stereocenters. The van der Waals surface area contributed by atoms with Crippen LogP contribution in [0, 0.1) is 0 Å². The maximum atomic E-state index is 13.4. The Morgan fingerprint density at radius 1 is 1.26 bits per heavy atom. The Balaban J connectivity index is 1.81. The lowest BCUT2D eigenvalue weighted by Gasteiger charge is -2.29. The topological polar surface area (TPSA) is 319 Å². The summed E-state index contributed by atoms with van der Waals surface area (Å²) in [4.78, 5) is 50.6. The molecular weight excluding hydrogens is 583 g/mol. The molecule has 39 heavy (non-hydrogen) atoms. The number of nitrogens with two attached hydrogens (primary N) is 1.